The minimum Gasteiger partial charge on any atom is -0.497 e. The number of nitrogens with one attached hydrogen (secondary N) is 3. The first kappa shape index (κ1) is 17.3. The molecule has 3 N–H and O–H groups in total. The summed E-state index contributed by atoms with van der Waals surface area (Å²) < 4.78 is 5.32. The summed E-state index contributed by atoms with van der Waals surface area (Å²) >= 11 is 0. The van der Waals surface area contributed by atoms with Crippen molar-refractivity contribution < 1.29 is 9.53 Å². The number of anilines is 1. The number of carbonyl (C=O) groups is 1. The Morgan fingerprint density at radius 3 is 2.63 bits per heavy atom. The lowest BCUT2D eigenvalue weighted by Gasteiger charge is -2.38. The van der Waals surface area contributed by atoms with Gasteiger partial charge in [0.15, 0.2) is 5.78 Å². The molecule has 140 valence electrons. The zero-order chi connectivity index (χ0) is 19.3. The fourth-order valence-electron chi connectivity index (χ4n) is 4.10. The van der Waals surface area contributed by atoms with E-state index in [2.05, 4.69) is 15.3 Å². The van der Waals surface area contributed by atoms with Gasteiger partial charge in [0.2, 0.25) is 0 Å². The number of methoxy groups -OCH3 is 1. The van der Waals surface area contributed by atoms with E-state index in [0.29, 0.717) is 35.5 Å². The van der Waals surface area contributed by atoms with Crippen LogP contribution in [0.1, 0.15) is 43.7 Å². The number of aromatic amines is 2. The van der Waals surface area contributed by atoms with Crippen LogP contribution in [0.2, 0.25) is 0 Å². The lowest BCUT2D eigenvalue weighted by atomic mass is 9.69. The van der Waals surface area contributed by atoms with E-state index in [-0.39, 0.29) is 11.2 Å². The second-order valence-electron chi connectivity index (χ2n) is 7.86. The maximum absolute atomic E-state index is 13.1. The molecule has 1 aliphatic heterocycles. The van der Waals surface area contributed by atoms with Crippen molar-refractivity contribution in [1.82, 2.24) is 9.97 Å². The van der Waals surface area contributed by atoms with E-state index in [1.807, 2.05) is 38.1 Å². The van der Waals surface area contributed by atoms with Crippen molar-refractivity contribution in [3.05, 3.63) is 67.5 Å². The Morgan fingerprint density at radius 1 is 1.11 bits per heavy atom. The Bertz CT molecular complexity index is 1090. The van der Waals surface area contributed by atoms with Crippen molar-refractivity contribution in [3.63, 3.8) is 0 Å². The van der Waals surface area contributed by atoms with Gasteiger partial charge in [-0.05, 0) is 29.5 Å². The van der Waals surface area contributed by atoms with Gasteiger partial charge < -0.3 is 10.1 Å². The van der Waals surface area contributed by atoms with E-state index in [1.54, 1.807) is 7.11 Å². The molecule has 0 fully saturated rings. The fraction of sp³-hybridized carbons (Fsp3) is 0.350. The number of rotatable bonds is 2. The molecule has 2 aliphatic rings. The van der Waals surface area contributed by atoms with Gasteiger partial charge in [0.1, 0.15) is 11.6 Å². The molecule has 4 rings (SSSR count). The number of benzene rings is 1. The first-order chi connectivity index (χ1) is 12.8. The summed E-state index contributed by atoms with van der Waals surface area (Å²) in [6.45, 7) is 4.07. The molecule has 0 unspecified atom stereocenters. The zero-order valence-electron chi connectivity index (χ0n) is 15.4. The Hall–Kier alpha value is -3.09. The Morgan fingerprint density at radius 2 is 1.89 bits per heavy atom. The molecule has 0 spiro atoms. The van der Waals surface area contributed by atoms with Gasteiger partial charge >= 0.3 is 5.69 Å². The van der Waals surface area contributed by atoms with Crippen LogP contribution < -0.4 is 21.3 Å². The van der Waals surface area contributed by atoms with Crippen molar-refractivity contribution >= 4 is 11.6 Å². The summed E-state index contributed by atoms with van der Waals surface area (Å²) in [5.74, 6) is 0.438. The third kappa shape index (κ3) is 2.89. The first-order valence-corrected chi connectivity index (χ1v) is 8.83. The Labute approximate surface area is 155 Å². The lowest BCUT2D eigenvalue weighted by Crippen LogP contribution is -2.38. The summed E-state index contributed by atoms with van der Waals surface area (Å²) in [5.41, 5.74) is 1.19. The molecule has 1 atom stereocenters. The molecule has 7 nitrogen and oxygen atoms in total. The second-order valence-corrected chi connectivity index (χ2v) is 7.86. The molecule has 0 radical (unpaired) electrons. The van der Waals surface area contributed by atoms with Gasteiger partial charge in [-0.2, -0.15) is 0 Å². The number of H-pyrrole nitrogens is 2. The summed E-state index contributed by atoms with van der Waals surface area (Å²) in [4.78, 5) is 42.5. The van der Waals surface area contributed by atoms with Gasteiger partial charge in [-0.15, -0.1) is 0 Å². The number of carbonyl (C=O) groups excluding carboxylic acids is 1. The van der Waals surface area contributed by atoms with Crippen LogP contribution in [0.4, 0.5) is 5.82 Å². The van der Waals surface area contributed by atoms with E-state index in [0.717, 1.165) is 11.3 Å². The van der Waals surface area contributed by atoms with Crippen molar-refractivity contribution in [2.75, 3.05) is 12.4 Å². The summed E-state index contributed by atoms with van der Waals surface area (Å²) in [6.07, 6.45) is 1.06. The van der Waals surface area contributed by atoms with Crippen LogP contribution in [0.3, 0.4) is 0 Å². The number of fused-ring (bicyclic) bond motifs is 1. The minimum absolute atomic E-state index is 0.0119. The number of ether oxygens (including phenoxy) is 1. The number of aromatic nitrogens is 2. The van der Waals surface area contributed by atoms with Crippen molar-refractivity contribution in [2.45, 2.75) is 32.6 Å². The van der Waals surface area contributed by atoms with E-state index in [4.69, 9.17) is 4.74 Å². The summed E-state index contributed by atoms with van der Waals surface area (Å²) in [7, 11) is 1.57. The lowest BCUT2D eigenvalue weighted by molar-refractivity contribution is -0.118. The quantitative estimate of drug-likeness (QED) is 0.755. The molecule has 2 heterocycles. The highest BCUT2D eigenvalue weighted by Gasteiger charge is 2.42. The number of ketones is 1. The van der Waals surface area contributed by atoms with Crippen LogP contribution in [0.15, 0.2) is 45.1 Å². The zero-order valence-corrected chi connectivity index (χ0v) is 15.4. The molecule has 0 bridgehead atoms. The SMILES string of the molecule is COc1cccc([C@H]2C3=C(CC(C)(C)CC3=O)Nc3[nH]c(=O)[nH]c(=O)c32)c1. The van der Waals surface area contributed by atoms with Gasteiger partial charge in [0.05, 0.1) is 12.7 Å². The van der Waals surface area contributed by atoms with Gasteiger partial charge in [-0.3, -0.25) is 19.6 Å². The second kappa shape index (κ2) is 5.97. The maximum Gasteiger partial charge on any atom is 0.327 e. The molecule has 0 amide bonds. The minimum atomic E-state index is -0.582. The average Bonchev–Trinajstić information content (AvgIpc) is 2.58. The molecule has 1 aromatic heterocycles. The highest BCUT2D eigenvalue weighted by Crippen LogP contribution is 2.47. The molecule has 0 saturated carbocycles. The number of hydrogen-bond acceptors (Lipinski definition) is 5. The van der Waals surface area contributed by atoms with E-state index in [1.165, 1.54) is 0 Å². The molecule has 7 heteroatoms. The molecule has 2 aromatic rings. The monoisotopic (exact) mass is 367 g/mol. The number of hydrogen-bond donors (Lipinski definition) is 3. The first-order valence-electron chi connectivity index (χ1n) is 8.83. The smallest absolute Gasteiger partial charge is 0.327 e. The van der Waals surface area contributed by atoms with Crippen molar-refractivity contribution in [2.24, 2.45) is 5.41 Å². The molecule has 1 aromatic carbocycles. The maximum atomic E-state index is 13.1. The third-order valence-electron chi connectivity index (χ3n) is 5.18. The molecule has 0 saturated heterocycles. The Kier molecular flexibility index (Phi) is 3.83. The van der Waals surface area contributed by atoms with Crippen LogP contribution in [0.25, 0.3) is 0 Å². The Balaban J connectivity index is 2.00. The predicted octanol–water partition coefficient (Wildman–Crippen LogP) is 2.27. The van der Waals surface area contributed by atoms with Gasteiger partial charge in [0.25, 0.3) is 5.56 Å². The van der Waals surface area contributed by atoms with Crippen LogP contribution in [0.5, 0.6) is 5.75 Å². The van der Waals surface area contributed by atoms with Crippen LogP contribution in [0, 0.1) is 5.41 Å². The molecule has 27 heavy (non-hydrogen) atoms. The van der Waals surface area contributed by atoms with Crippen LogP contribution in [-0.2, 0) is 4.79 Å². The van der Waals surface area contributed by atoms with Crippen molar-refractivity contribution in [3.8, 4) is 5.75 Å². The third-order valence-corrected chi connectivity index (χ3v) is 5.18. The fourth-order valence-corrected chi connectivity index (χ4v) is 4.10. The largest absolute Gasteiger partial charge is 0.497 e. The molecular weight excluding hydrogens is 346 g/mol. The van der Waals surface area contributed by atoms with Gasteiger partial charge in [-0.1, -0.05) is 26.0 Å². The number of allylic oxidation sites excluding steroid dienone is 2. The van der Waals surface area contributed by atoms with E-state index < -0.39 is 17.2 Å². The normalized spacial score (nSPS) is 20.6. The molecule has 1 aliphatic carbocycles. The van der Waals surface area contributed by atoms with Crippen molar-refractivity contribution in [1.29, 1.82) is 0 Å². The molecular formula is C20H21N3O4. The van der Waals surface area contributed by atoms with Gasteiger partial charge in [-0.25, -0.2) is 4.79 Å². The van der Waals surface area contributed by atoms with E-state index >= 15 is 0 Å². The van der Waals surface area contributed by atoms with Crippen LogP contribution >= 0.6 is 0 Å². The van der Waals surface area contributed by atoms with Crippen LogP contribution in [-0.4, -0.2) is 22.9 Å². The summed E-state index contributed by atoms with van der Waals surface area (Å²) in [5, 5.41) is 3.15. The average molecular weight is 367 g/mol. The standard InChI is InChI=1S/C20H21N3O4/c1-20(2)8-12-15(13(24)9-20)14(10-5-4-6-11(7-10)27-3)16-17(21-12)22-19(26)23-18(16)25/h4-7,14H,8-9H2,1-3H3,(H3,21,22,23,25,26)/t14-/m0/s1. The topological polar surface area (TPSA) is 104 Å². The van der Waals surface area contributed by atoms with E-state index in [9.17, 15) is 14.4 Å². The highest BCUT2D eigenvalue weighted by molar-refractivity contribution is 6.01. The highest BCUT2D eigenvalue weighted by atomic mass is 16.5. The predicted molar refractivity (Wildman–Crippen MR) is 101 cm³/mol. The van der Waals surface area contributed by atoms with Gasteiger partial charge in [0, 0.05) is 23.6 Å². The summed E-state index contributed by atoms with van der Waals surface area (Å²) in [6, 6.07) is 7.32. The number of Topliss-reactive ketones (excluding diaryl/α,β-unsaturated/α-hetero) is 1.